The van der Waals surface area contributed by atoms with Crippen molar-refractivity contribution in [2.45, 2.75) is 57.5 Å². The highest BCUT2D eigenvalue weighted by atomic mass is 16.2. The van der Waals surface area contributed by atoms with Crippen LogP contribution in [0.15, 0.2) is 24.3 Å². The molecule has 2 aliphatic rings. The highest BCUT2D eigenvalue weighted by molar-refractivity contribution is 5.80. The first kappa shape index (κ1) is 15.1. The van der Waals surface area contributed by atoms with Gasteiger partial charge in [0.1, 0.15) is 0 Å². The average molecular weight is 300 g/mol. The molecule has 2 amide bonds. The minimum absolute atomic E-state index is 0.0492. The Bertz CT molecular complexity index is 564. The van der Waals surface area contributed by atoms with Gasteiger partial charge in [0.15, 0.2) is 0 Å². The maximum Gasteiger partial charge on any atom is 0.222 e. The smallest absolute Gasteiger partial charge is 0.222 e. The van der Waals surface area contributed by atoms with E-state index in [0.717, 1.165) is 24.8 Å². The molecule has 4 nitrogen and oxygen atoms in total. The number of rotatable bonds is 3. The monoisotopic (exact) mass is 300 g/mol. The van der Waals surface area contributed by atoms with E-state index in [1.807, 2.05) is 17.0 Å². The van der Waals surface area contributed by atoms with E-state index in [2.05, 4.69) is 17.4 Å². The fourth-order valence-corrected chi connectivity index (χ4v) is 3.78. The molecule has 3 rings (SSSR count). The molecule has 1 aliphatic carbocycles. The Kier molecular flexibility index (Phi) is 4.46. The average Bonchev–Trinajstić information content (AvgIpc) is 3.00. The third-order valence-corrected chi connectivity index (χ3v) is 4.92. The molecule has 0 unspecified atom stereocenters. The van der Waals surface area contributed by atoms with Gasteiger partial charge in [0.2, 0.25) is 11.8 Å². The Hall–Kier alpha value is -1.84. The summed E-state index contributed by atoms with van der Waals surface area (Å²) in [4.78, 5) is 26.2. The Morgan fingerprint density at radius 1 is 1.23 bits per heavy atom. The molecule has 0 aromatic heterocycles. The van der Waals surface area contributed by atoms with E-state index in [0.29, 0.717) is 19.0 Å². The Labute approximate surface area is 131 Å². The quantitative estimate of drug-likeness (QED) is 0.932. The maximum atomic E-state index is 12.4. The minimum atomic E-state index is -0.121. The van der Waals surface area contributed by atoms with Crippen molar-refractivity contribution in [1.82, 2.24) is 10.2 Å². The van der Waals surface area contributed by atoms with Gasteiger partial charge in [-0.05, 0) is 30.4 Å². The Morgan fingerprint density at radius 2 is 1.95 bits per heavy atom. The van der Waals surface area contributed by atoms with Crippen molar-refractivity contribution in [3.8, 4) is 0 Å². The van der Waals surface area contributed by atoms with Crippen LogP contribution in [0.25, 0.3) is 0 Å². The first-order valence-electron chi connectivity index (χ1n) is 8.29. The zero-order chi connectivity index (χ0) is 15.5. The number of amides is 2. The molecule has 4 heteroatoms. The van der Waals surface area contributed by atoms with Gasteiger partial charge in [0.05, 0.1) is 12.5 Å². The van der Waals surface area contributed by atoms with Gasteiger partial charge in [-0.2, -0.15) is 0 Å². The van der Waals surface area contributed by atoms with E-state index in [1.54, 1.807) is 6.92 Å². The van der Waals surface area contributed by atoms with Gasteiger partial charge in [-0.3, -0.25) is 9.59 Å². The zero-order valence-corrected chi connectivity index (χ0v) is 13.2. The topological polar surface area (TPSA) is 49.4 Å². The summed E-state index contributed by atoms with van der Waals surface area (Å²) < 4.78 is 0. The van der Waals surface area contributed by atoms with Gasteiger partial charge in [-0.15, -0.1) is 0 Å². The van der Waals surface area contributed by atoms with Crippen LogP contribution in [-0.4, -0.2) is 29.3 Å². The molecule has 1 N–H and O–H groups in total. The summed E-state index contributed by atoms with van der Waals surface area (Å²) in [5.41, 5.74) is 2.39. The molecule has 0 spiro atoms. The van der Waals surface area contributed by atoms with Crippen LogP contribution >= 0.6 is 0 Å². The molecule has 1 heterocycles. The molecule has 1 aromatic carbocycles. The van der Waals surface area contributed by atoms with E-state index in [9.17, 15) is 9.59 Å². The number of fused-ring (bicyclic) bond motifs is 1. The number of nitrogens with zero attached hydrogens (tertiary/aromatic N) is 1. The van der Waals surface area contributed by atoms with Gasteiger partial charge >= 0.3 is 0 Å². The van der Waals surface area contributed by atoms with Crippen LogP contribution in [0, 0.1) is 0 Å². The van der Waals surface area contributed by atoms with Crippen LogP contribution in [0.5, 0.6) is 0 Å². The number of hydrogen-bond donors (Lipinski definition) is 1. The predicted molar refractivity (Wildman–Crippen MR) is 85.3 cm³/mol. The van der Waals surface area contributed by atoms with Gasteiger partial charge in [-0.25, -0.2) is 0 Å². The Morgan fingerprint density at radius 3 is 2.68 bits per heavy atom. The van der Waals surface area contributed by atoms with Gasteiger partial charge in [0.25, 0.3) is 0 Å². The number of hydrogen-bond acceptors (Lipinski definition) is 2. The van der Waals surface area contributed by atoms with Gasteiger partial charge in [-0.1, -0.05) is 37.1 Å². The summed E-state index contributed by atoms with van der Waals surface area (Å²) in [5, 5.41) is 3.14. The molecular formula is C18H24N2O2. The van der Waals surface area contributed by atoms with Crippen molar-refractivity contribution in [3.05, 3.63) is 35.4 Å². The fourth-order valence-electron chi connectivity index (χ4n) is 3.78. The molecule has 118 valence electrons. The second-order valence-electron chi connectivity index (χ2n) is 6.43. The molecule has 1 aliphatic heterocycles. The van der Waals surface area contributed by atoms with Gasteiger partial charge < -0.3 is 10.2 Å². The predicted octanol–water partition coefficient (Wildman–Crippen LogP) is 2.58. The number of benzene rings is 1. The maximum absolute atomic E-state index is 12.4. The molecule has 1 aromatic rings. The van der Waals surface area contributed by atoms with Crippen molar-refractivity contribution >= 4 is 11.8 Å². The van der Waals surface area contributed by atoms with E-state index < -0.39 is 0 Å². The molecule has 1 atom stereocenters. The lowest BCUT2D eigenvalue weighted by Gasteiger charge is -2.36. The summed E-state index contributed by atoms with van der Waals surface area (Å²) in [5.74, 6) is 0.119. The van der Waals surface area contributed by atoms with Crippen LogP contribution in [0.2, 0.25) is 0 Å². The summed E-state index contributed by atoms with van der Waals surface area (Å²) in [7, 11) is 0. The second kappa shape index (κ2) is 6.51. The van der Waals surface area contributed by atoms with Crippen LogP contribution in [0.3, 0.4) is 0 Å². The lowest BCUT2D eigenvalue weighted by molar-refractivity contribution is -0.133. The highest BCUT2D eigenvalue weighted by Gasteiger charge is 2.31. The van der Waals surface area contributed by atoms with Crippen LogP contribution in [-0.2, 0) is 16.0 Å². The number of carbonyl (C=O) groups excluding carboxylic acids is 2. The van der Waals surface area contributed by atoms with Crippen molar-refractivity contribution in [2.75, 3.05) is 6.54 Å². The summed E-state index contributed by atoms with van der Waals surface area (Å²) in [6, 6.07) is 8.38. The van der Waals surface area contributed by atoms with E-state index in [1.165, 1.54) is 18.4 Å². The Balaban J connectivity index is 1.75. The molecule has 0 saturated heterocycles. The summed E-state index contributed by atoms with van der Waals surface area (Å²) >= 11 is 0. The third-order valence-electron chi connectivity index (χ3n) is 4.92. The van der Waals surface area contributed by atoms with Crippen LogP contribution < -0.4 is 5.32 Å². The van der Waals surface area contributed by atoms with Crippen molar-refractivity contribution in [3.63, 3.8) is 0 Å². The third kappa shape index (κ3) is 3.16. The lowest BCUT2D eigenvalue weighted by Crippen LogP contribution is -2.42. The standard InChI is InChI=1S/C18H24N2O2/c1-13(21)20-11-10-14-6-2-5-9-16(14)17(20)12-18(22)19-15-7-3-4-8-15/h2,5-6,9,15,17H,3-4,7-8,10-12H2,1H3,(H,19,22)/t17-/m0/s1. The SMILES string of the molecule is CC(=O)N1CCc2ccccc2[C@@H]1CC(=O)NC1CCCC1. The lowest BCUT2D eigenvalue weighted by atomic mass is 9.90. The van der Waals surface area contributed by atoms with Crippen molar-refractivity contribution in [1.29, 1.82) is 0 Å². The molecule has 1 saturated carbocycles. The van der Waals surface area contributed by atoms with E-state index >= 15 is 0 Å². The number of nitrogens with one attached hydrogen (secondary N) is 1. The molecule has 22 heavy (non-hydrogen) atoms. The molecule has 0 radical (unpaired) electrons. The van der Waals surface area contributed by atoms with Crippen molar-refractivity contribution in [2.24, 2.45) is 0 Å². The minimum Gasteiger partial charge on any atom is -0.353 e. The number of carbonyl (C=O) groups is 2. The largest absolute Gasteiger partial charge is 0.353 e. The van der Waals surface area contributed by atoms with Crippen LogP contribution in [0.4, 0.5) is 0 Å². The highest BCUT2D eigenvalue weighted by Crippen LogP contribution is 2.32. The fraction of sp³-hybridized carbons (Fsp3) is 0.556. The first-order chi connectivity index (χ1) is 10.6. The van der Waals surface area contributed by atoms with Gasteiger partial charge in [0, 0.05) is 19.5 Å². The first-order valence-corrected chi connectivity index (χ1v) is 8.29. The van der Waals surface area contributed by atoms with E-state index in [-0.39, 0.29) is 17.9 Å². The second-order valence-corrected chi connectivity index (χ2v) is 6.43. The molecule has 1 fully saturated rings. The summed E-state index contributed by atoms with van der Waals surface area (Å²) in [6.07, 6.45) is 5.82. The van der Waals surface area contributed by atoms with Crippen LogP contribution in [0.1, 0.15) is 56.2 Å². The normalized spacial score (nSPS) is 21.5. The molecule has 0 bridgehead atoms. The molecular weight excluding hydrogens is 276 g/mol. The summed E-state index contributed by atoms with van der Waals surface area (Å²) in [6.45, 7) is 2.30. The zero-order valence-electron chi connectivity index (χ0n) is 13.2. The van der Waals surface area contributed by atoms with Crippen molar-refractivity contribution < 1.29 is 9.59 Å². The van der Waals surface area contributed by atoms with E-state index in [4.69, 9.17) is 0 Å².